The van der Waals surface area contributed by atoms with Crippen LogP contribution in [-0.2, 0) is 19.2 Å². The summed E-state index contributed by atoms with van der Waals surface area (Å²) in [6, 6.07) is -3.75. The zero-order chi connectivity index (χ0) is 19.9. The first-order chi connectivity index (χ1) is 12.3. The van der Waals surface area contributed by atoms with E-state index in [1.54, 1.807) is 0 Å². The molecule has 1 aliphatic heterocycles. The molecule has 0 aliphatic carbocycles. The van der Waals surface area contributed by atoms with E-state index in [0.717, 1.165) is 0 Å². The number of likely N-dealkylation sites (tertiary alicyclic amines) is 1. The maximum atomic E-state index is 12.7. The van der Waals surface area contributed by atoms with Crippen molar-refractivity contribution in [2.24, 2.45) is 5.73 Å². The number of carboxylic acids is 1. The van der Waals surface area contributed by atoms with Gasteiger partial charge in [0.2, 0.25) is 17.7 Å². The number of nitrogens with one attached hydrogen (secondary N) is 2. The lowest BCUT2D eigenvalue weighted by molar-refractivity contribution is -0.144. The molecule has 1 rings (SSSR count). The normalized spacial score (nSPS) is 20.2. The molecular weight excluding hydrogens is 400 g/mol. The molecule has 0 saturated carbocycles. The van der Waals surface area contributed by atoms with Crippen LogP contribution in [0, 0.1) is 0 Å². The first-order valence-corrected chi connectivity index (χ1v) is 9.88. The monoisotopic (exact) mass is 424 g/mol. The van der Waals surface area contributed by atoms with E-state index < -0.39 is 47.9 Å². The third kappa shape index (κ3) is 5.96. The van der Waals surface area contributed by atoms with Crippen molar-refractivity contribution in [3.63, 3.8) is 0 Å². The first-order valence-electron chi connectivity index (χ1n) is 7.99. The van der Waals surface area contributed by atoms with E-state index in [-0.39, 0.29) is 17.3 Å². The Morgan fingerprint density at radius 2 is 1.69 bits per heavy atom. The Bertz CT molecular complexity index is 551. The Morgan fingerprint density at radius 1 is 1.08 bits per heavy atom. The number of carboxylic acid groups (broad SMARTS) is 1. The molecule has 0 bridgehead atoms. The summed E-state index contributed by atoms with van der Waals surface area (Å²) < 4.78 is 0. The van der Waals surface area contributed by atoms with Crippen LogP contribution in [0.5, 0.6) is 0 Å². The van der Waals surface area contributed by atoms with Crippen LogP contribution in [0.1, 0.15) is 12.8 Å². The number of hydrogen-bond donors (Lipinski definition) is 7. The molecule has 0 aromatic rings. The van der Waals surface area contributed by atoms with Crippen LogP contribution >= 0.6 is 37.9 Å². The molecular formula is C14H24N4O5S3. The van der Waals surface area contributed by atoms with Gasteiger partial charge in [0.25, 0.3) is 0 Å². The van der Waals surface area contributed by atoms with E-state index in [2.05, 4.69) is 48.5 Å². The van der Waals surface area contributed by atoms with Gasteiger partial charge in [-0.2, -0.15) is 37.9 Å². The van der Waals surface area contributed by atoms with Gasteiger partial charge in [-0.25, -0.2) is 4.79 Å². The molecule has 4 atom stereocenters. The standard InChI is InChI=1S/C14H24N4O5S3/c15-7(4-24)11(19)16-8(5-25)13(21)18-3-1-2-10(18)12(20)17-9(6-26)14(22)23/h7-10,24-26H,1-6,15H2,(H,16,19)(H,17,20)(H,22,23). The van der Waals surface area contributed by atoms with Crippen molar-refractivity contribution in [2.45, 2.75) is 37.0 Å². The number of nitrogens with zero attached hydrogens (tertiary/aromatic N) is 1. The first kappa shape index (κ1) is 22.9. The van der Waals surface area contributed by atoms with Crippen LogP contribution in [0.4, 0.5) is 0 Å². The summed E-state index contributed by atoms with van der Waals surface area (Å²) in [5, 5.41) is 13.9. The maximum Gasteiger partial charge on any atom is 0.327 e. The van der Waals surface area contributed by atoms with E-state index in [9.17, 15) is 19.2 Å². The molecule has 0 radical (unpaired) electrons. The van der Waals surface area contributed by atoms with Crippen molar-refractivity contribution in [1.82, 2.24) is 15.5 Å². The molecule has 1 aliphatic rings. The van der Waals surface area contributed by atoms with Gasteiger partial charge in [0.1, 0.15) is 18.1 Å². The zero-order valence-electron chi connectivity index (χ0n) is 14.0. The molecule has 5 N–H and O–H groups in total. The highest BCUT2D eigenvalue weighted by atomic mass is 32.1. The van der Waals surface area contributed by atoms with Gasteiger partial charge in [-0.05, 0) is 12.8 Å². The lowest BCUT2D eigenvalue weighted by Gasteiger charge is -2.29. The van der Waals surface area contributed by atoms with Gasteiger partial charge < -0.3 is 26.4 Å². The predicted molar refractivity (Wildman–Crippen MR) is 106 cm³/mol. The second-order valence-electron chi connectivity index (χ2n) is 5.80. The number of rotatable bonds is 9. The van der Waals surface area contributed by atoms with Crippen molar-refractivity contribution in [3.8, 4) is 0 Å². The maximum absolute atomic E-state index is 12.7. The van der Waals surface area contributed by atoms with Crippen LogP contribution < -0.4 is 16.4 Å². The number of thiol groups is 3. The quantitative estimate of drug-likeness (QED) is 0.217. The predicted octanol–water partition coefficient (Wildman–Crippen LogP) is -1.85. The average molecular weight is 425 g/mol. The second-order valence-corrected chi connectivity index (χ2v) is 6.90. The van der Waals surface area contributed by atoms with Crippen molar-refractivity contribution in [3.05, 3.63) is 0 Å². The highest BCUT2D eigenvalue weighted by Gasteiger charge is 2.38. The Balaban J connectivity index is 2.80. The number of hydrogen-bond acceptors (Lipinski definition) is 8. The Kier molecular flexibility index (Phi) is 9.61. The Morgan fingerprint density at radius 3 is 2.19 bits per heavy atom. The Hall–Kier alpha value is -1.11. The molecule has 9 nitrogen and oxygen atoms in total. The molecule has 0 spiro atoms. The smallest absolute Gasteiger partial charge is 0.327 e. The lowest BCUT2D eigenvalue weighted by atomic mass is 10.1. The van der Waals surface area contributed by atoms with Gasteiger partial charge in [-0.15, -0.1) is 0 Å². The van der Waals surface area contributed by atoms with Crippen LogP contribution in [0.25, 0.3) is 0 Å². The van der Waals surface area contributed by atoms with Crippen LogP contribution in [0.3, 0.4) is 0 Å². The summed E-state index contributed by atoms with van der Waals surface area (Å²) in [5.74, 6) is -2.68. The number of nitrogens with two attached hydrogens (primary N) is 1. The molecule has 26 heavy (non-hydrogen) atoms. The molecule has 1 fully saturated rings. The molecule has 1 saturated heterocycles. The molecule has 0 aromatic carbocycles. The second kappa shape index (κ2) is 10.9. The zero-order valence-corrected chi connectivity index (χ0v) is 16.7. The van der Waals surface area contributed by atoms with Gasteiger partial charge in [-0.3, -0.25) is 14.4 Å². The molecule has 148 valence electrons. The summed E-state index contributed by atoms with van der Waals surface area (Å²) in [6.45, 7) is 0.328. The fourth-order valence-electron chi connectivity index (χ4n) is 2.50. The van der Waals surface area contributed by atoms with E-state index in [0.29, 0.717) is 19.4 Å². The summed E-state index contributed by atoms with van der Waals surface area (Å²) in [5.41, 5.74) is 5.58. The van der Waals surface area contributed by atoms with Crippen molar-refractivity contribution in [2.75, 3.05) is 23.8 Å². The minimum atomic E-state index is -1.20. The van der Waals surface area contributed by atoms with Gasteiger partial charge in [0.15, 0.2) is 0 Å². The van der Waals surface area contributed by atoms with E-state index in [4.69, 9.17) is 10.8 Å². The van der Waals surface area contributed by atoms with Gasteiger partial charge >= 0.3 is 5.97 Å². The summed E-state index contributed by atoms with van der Waals surface area (Å²) in [7, 11) is 0. The van der Waals surface area contributed by atoms with E-state index in [1.807, 2.05) is 0 Å². The fourth-order valence-corrected chi connectivity index (χ4v) is 3.16. The fraction of sp³-hybridized carbons (Fsp3) is 0.714. The van der Waals surface area contributed by atoms with Gasteiger partial charge in [0.05, 0.1) is 6.04 Å². The number of amides is 3. The molecule has 1 heterocycles. The minimum Gasteiger partial charge on any atom is -0.480 e. The lowest BCUT2D eigenvalue weighted by Crippen LogP contribution is -2.57. The molecule has 4 unspecified atom stereocenters. The number of aliphatic carboxylic acids is 1. The van der Waals surface area contributed by atoms with E-state index in [1.165, 1.54) is 4.90 Å². The molecule has 12 heteroatoms. The van der Waals surface area contributed by atoms with Crippen molar-refractivity contribution < 1.29 is 24.3 Å². The third-order valence-corrected chi connectivity index (χ3v) is 5.09. The summed E-state index contributed by atoms with van der Waals surface area (Å²) >= 11 is 11.9. The van der Waals surface area contributed by atoms with Crippen LogP contribution in [0.2, 0.25) is 0 Å². The van der Waals surface area contributed by atoms with Gasteiger partial charge in [0, 0.05) is 23.8 Å². The molecule has 3 amide bonds. The van der Waals surface area contributed by atoms with Crippen molar-refractivity contribution in [1.29, 1.82) is 0 Å². The van der Waals surface area contributed by atoms with Gasteiger partial charge in [-0.1, -0.05) is 0 Å². The number of carbonyl (C=O) groups excluding carboxylic acids is 3. The third-order valence-electron chi connectivity index (χ3n) is 3.97. The largest absolute Gasteiger partial charge is 0.480 e. The summed E-state index contributed by atoms with van der Waals surface area (Å²) in [6.07, 6.45) is 0.992. The Labute approximate surface area is 168 Å². The number of carbonyl (C=O) groups is 4. The van der Waals surface area contributed by atoms with Crippen LogP contribution in [0.15, 0.2) is 0 Å². The summed E-state index contributed by atoms with van der Waals surface area (Å²) in [4.78, 5) is 49.4. The molecule has 0 aromatic heterocycles. The average Bonchev–Trinajstić information content (AvgIpc) is 3.11. The van der Waals surface area contributed by atoms with Crippen LogP contribution in [-0.4, -0.2) is 81.7 Å². The minimum absolute atomic E-state index is 0.0308. The SMILES string of the molecule is NC(CS)C(=O)NC(CS)C(=O)N1CCCC1C(=O)NC(CS)C(=O)O. The topological polar surface area (TPSA) is 142 Å². The van der Waals surface area contributed by atoms with Crippen molar-refractivity contribution >= 4 is 61.6 Å². The van der Waals surface area contributed by atoms with E-state index >= 15 is 0 Å². The highest BCUT2D eigenvalue weighted by molar-refractivity contribution is 7.80. The highest BCUT2D eigenvalue weighted by Crippen LogP contribution is 2.19.